The molecule has 1 saturated heterocycles. The van der Waals surface area contributed by atoms with Gasteiger partial charge in [-0.1, -0.05) is 18.2 Å². The van der Waals surface area contributed by atoms with Crippen molar-refractivity contribution < 1.29 is 4.42 Å². The van der Waals surface area contributed by atoms with Gasteiger partial charge in [0.1, 0.15) is 5.52 Å². The van der Waals surface area contributed by atoms with Crippen LogP contribution in [0.3, 0.4) is 0 Å². The second-order valence-electron chi connectivity index (χ2n) is 5.68. The van der Waals surface area contributed by atoms with Crippen molar-refractivity contribution in [3.63, 3.8) is 0 Å². The van der Waals surface area contributed by atoms with E-state index in [4.69, 9.17) is 4.42 Å². The number of anilines is 1. The fourth-order valence-corrected chi connectivity index (χ4v) is 3.04. The van der Waals surface area contributed by atoms with Crippen molar-refractivity contribution in [3.8, 4) is 11.5 Å². The summed E-state index contributed by atoms with van der Waals surface area (Å²) in [6.45, 7) is 4.47. The Labute approximate surface area is 124 Å². The fraction of sp³-hybridized carbons (Fsp3) is 0.278. The van der Waals surface area contributed by atoms with E-state index < -0.39 is 0 Å². The number of fused-ring (bicyclic) bond motifs is 1. The fourth-order valence-electron chi connectivity index (χ4n) is 3.04. The molecule has 0 spiro atoms. The van der Waals surface area contributed by atoms with Gasteiger partial charge in [-0.3, -0.25) is 0 Å². The minimum atomic E-state index is 0.705. The van der Waals surface area contributed by atoms with Gasteiger partial charge in [0.2, 0.25) is 5.89 Å². The van der Waals surface area contributed by atoms with Crippen molar-refractivity contribution in [1.29, 1.82) is 0 Å². The number of aryl methyl sites for hydroxylation is 1. The zero-order valence-corrected chi connectivity index (χ0v) is 12.2. The summed E-state index contributed by atoms with van der Waals surface area (Å²) in [7, 11) is 0. The number of hydrogen-bond acceptors (Lipinski definition) is 3. The Morgan fingerprint density at radius 2 is 1.86 bits per heavy atom. The number of oxazole rings is 1. The highest BCUT2D eigenvalue weighted by molar-refractivity contribution is 5.77. The van der Waals surface area contributed by atoms with E-state index in [2.05, 4.69) is 35.0 Å². The van der Waals surface area contributed by atoms with Crippen molar-refractivity contribution in [2.75, 3.05) is 18.0 Å². The van der Waals surface area contributed by atoms with E-state index in [1.165, 1.54) is 24.1 Å². The Morgan fingerprint density at radius 3 is 2.67 bits per heavy atom. The van der Waals surface area contributed by atoms with Crippen LogP contribution in [-0.2, 0) is 0 Å². The topological polar surface area (TPSA) is 29.3 Å². The molecule has 2 aromatic carbocycles. The van der Waals surface area contributed by atoms with Crippen molar-refractivity contribution in [3.05, 3.63) is 48.0 Å². The van der Waals surface area contributed by atoms with Crippen molar-refractivity contribution >= 4 is 16.8 Å². The van der Waals surface area contributed by atoms with Gasteiger partial charge < -0.3 is 9.32 Å². The molecule has 0 amide bonds. The lowest BCUT2D eigenvalue weighted by Gasteiger charge is -2.20. The summed E-state index contributed by atoms with van der Waals surface area (Å²) in [5.74, 6) is 0.705. The van der Waals surface area contributed by atoms with E-state index in [9.17, 15) is 0 Å². The molecule has 1 fully saturated rings. The van der Waals surface area contributed by atoms with Crippen molar-refractivity contribution in [2.24, 2.45) is 0 Å². The summed E-state index contributed by atoms with van der Waals surface area (Å²) in [5, 5.41) is 0. The van der Waals surface area contributed by atoms with Crippen LogP contribution in [-0.4, -0.2) is 18.1 Å². The zero-order chi connectivity index (χ0) is 14.2. The summed E-state index contributed by atoms with van der Waals surface area (Å²) in [4.78, 5) is 7.05. The summed E-state index contributed by atoms with van der Waals surface area (Å²) >= 11 is 0. The van der Waals surface area contributed by atoms with Crippen molar-refractivity contribution in [1.82, 2.24) is 4.98 Å². The molecule has 106 valence electrons. The molecule has 0 radical (unpaired) electrons. The van der Waals surface area contributed by atoms with E-state index in [1.807, 2.05) is 24.3 Å². The van der Waals surface area contributed by atoms with Crippen LogP contribution >= 0.6 is 0 Å². The van der Waals surface area contributed by atoms with Gasteiger partial charge in [0.25, 0.3) is 0 Å². The number of rotatable bonds is 2. The lowest BCUT2D eigenvalue weighted by molar-refractivity contribution is 0.620. The molecular formula is C18H18N2O. The smallest absolute Gasteiger partial charge is 0.227 e. The standard InChI is InChI=1S/C18H18N2O/c1-13-8-9-14(12-16(13)20-10-4-5-11-20)18-19-15-6-2-3-7-17(15)21-18/h2-3,6-9,12H,4-5,10-11H2,1H3. The largest absolute Gasteiger partial charge is 0.436 e. The van der Waals surface area contributed by atoms with Crippen LogP contribution in [0.25, 0.3) is 22.6 Å². The third-order valence-corrected chi connectivity index (χ3v) is 4.20. The van der Waals surface area contributed by atoms with Crippen LogP contribution in [0.5, 0.6) is 0 Å². The van der Waals surface area contributed by atoms with Gasteiger partial charge in [0.05, 0.1) is 0 Å². The first-order chi connectivity index (χ1) is 10.3. The number of nitrogens with zero attached hydrogens (tertiary/aromatic N) is 2. The Hall–Kier alpha value is -2.29. The summed E-state index contributed by atoms with van der Waals surface area (Å²) in [5.41, 5.74) is 5.44. The van der Waals surface area contributed by atoms with Crippen LogP contribution in [0.4, 0.5) is 5.69 Å². The molecule has 0 unspecified atom stereocenters. The number of aromatic nitrogens is 1. The third-order valence-electron chi connectivity index (χ3n) is 4.20. The molecule has 21 heavy (non-hydrogen) atoms. The maximum atomic E-state index is 5.88. The SMILES string of the molecule is Cc1ccc(-c2nc3ccccc3o2)cc1N1CCCC1. The highest BCUT2D eigenvalue weighted by atomic mass is 16.3. The average molecular weight is 278 g/mol. The molecule has 0 saturated carbocycles. The van der Waals surface area contributed by atoms with Crippen LogP contribution < -0.4 is 4.90 Å². The van der Waals surface area contributed by atoms with Gasteiger partial charge >= 0.3 is 0 Å². The first-order valence-electron chi connectivity index (χ1n) is 7.53. The molecule has 0 atom stereocenters. The van der Waals surface area contributed by atoms with Crippen LogP contribution in [0.15, 0.2) is 46.9 Å². The minimum Gasteiger partial charge on any atom is -0.436 e. The highest BCUT2D eigenvalue weighted by Crippen LogP contribution is 2.31. The molecule has 2 heterocycles. The second kappa shape index (κ2) is 4.92. The second-order valence-corrected chi connectivity index (χ2v) is 5.68. The Kier molecular flexibility index (Phi) is 2.92. The minimum absolute atomic E-state index is 0.705. The summed E-state index contributed by atoms with van der Waals surface area (Å²) in [6, 6.07) is 14.4. The van der Waals surface area contributed by atoms with Gasteiger partial charge in [0, 0.05) is 24.3 Å². The van der Waals surface area contributed by atoms with E-state index in [0.717, 1.165) is 29.8 Å². The van der Waals surface area contributed by atoms with Gasteiger partial charge in [-0.15, -0.1) is 0 Å². The zero-order valence-electron chi connectivity index (χ0n) is 12.2. The van der Waals surface area contributed by atoms with E-state index in [0.29, 0.717) is 5.89 Å². The Balaban J connectivity index is 1.79. The normalized spacial score (nSPS) is 15.0. The lowest BCUT2D eigenvalue weighted by atomic mass is 10.1. The predicted molar refractivity (Wildman–Crippen MR) is 85.6 cm³/mol. The quantitative estimate of drug-likeness (QED) is 0.695. The maximum Gasteiger partial charge on any atom is 0.227 e. The molecule has 3 heteroatoms. The summed E-state index contributed by atoms with van der Waals surface area (Å²) in [6.07, 6.45) is 2.57. The van der Waals surface area contributed by atoms with E-state index >= 15 is 0 Å². The first-order valence-corrected chi connectivity index (χ1v) is 7.53. The first kappa shape index (κ1) is 12.5. The van der Waals surface area contributed by atoms with Crippen LogP contribution in [0.1, 0.15) is 18.4 Å². The molecule has 1 aliphatic heterocycles. The van der Waals surface area contributed by atoms with Crippen LogP contribution in [0.2, 0.25) is 0 Å². The number of para-hydroxylation sites is 2. The predicted octanol–water partition coefficient (Wildman–Crippen LogP) is 4.40. The summed E-state index contributed by atoms with van der Waals surface area (Å²) < 4.78 is 5.88. The molecular weight excluding hydrogens is 260 g/mol. The van der Waals surface area contributed by atoms with Crippen LogP contribution in [0, 0.1) is 6.92 Å². The van der Waals surface area contributed by atoms with E-state index in [-0.39, 0.29) is 0 Å². The van der Waals surface area contributed by atoms with Crippen molar-refractivity contribution in [2.45, 2.75) is 19.8 Å². The van der Waals surface area contributed by atoms with Gasteiger partial charge in [0.15, 0.2) is 5.58 Å². The Bertz CT molecular complexity index is 752. The maximum absolute atomic E-state index is 5.88. The molecule has 1 aromatic heterocycles. The molecule has 4 rings (SSSR count). The Morgan fingerprint density at radius 1 is 1.05 bits per heavy atom. The number of benzene rings is 2. The highest BCUT2D eigenvalue weighted by Gasteiger charge is 2.16. The molecule has 1 aliphatic rings. The van der Waals surface area contributed by atoms with E-state index in [1.54, 1.807) is 0 Å². The third kappa shape index (κ3) is 2.19. The molecule has 3 aromatic rings. The monoisotopic (exact) mass is 278 g/mol. The molecule has 3 nitrogen and oxygen atoms in total. The van der Waals surface area contributed by atoms with Gasteiger partial charge in [-0.25, -0.2) is 4.98 Å². The van der Waals surface area contributed by atoms with Gasteiger partial charge in [-0.05, 0) is 49.6 Å². The molecule has 0 aliphatic carbocycles. The molecule has 0 N–H and O–H groups in total. The molecule has 0 bridgehead atoms. The number of hydrogen-bond donors (Lipinski definition) is 0. The van der Waals surface area contributed by atoms with Gasteiger partial charge in [-0.2, -0.15) is 0 Å². The lowest BCUT2D eigenvalue weighted by Crippen LogP contribution is -2.18. The average Bonchev–Trinajstić information content (AvgIpc) is 3.17.